The van der Waals surface area contributed by atoms with Crippen molar-refractivity contribution in [2.75, 3.05) is 39.5 Å². The summed E-state index contributed by atoms with van der Waals surface area (Å²) in [6.45, 7) is 3.96. The summed E-state index contributed by atoms with van der Waals surface area (Å²) in [4.78, 5) is 12.2. The maximum Gasteiger partial charge on any atom is 0.257 e. The molecule has 1 heterocycles. The van der Waals surface area contributed by atoms with Gasteiger partial charge in [-0.25, -0.2) is 8.42 Å². The largest absolute Gasteiger partial charge is 0.484 e. The van der Waals surface area contributed by atoms with Gasteiger partial charge in [0.1, 0.15) is 5.75 Å². The topological polar surface area (TPSA) is 84.9 Å². The number of rotatable bonds is 8. The van der Waals surface area contributed by atoms with Crippen LogP contribution in [0.25, 0.3) is 0 Å². The minimum atomic E-state index is -3.53. The van der Waals surface area contributed by atoms with Crippen LogP contribution in [0.5, 0.6) is 5.75 Å². The lowest BCUT2D eigenvalue weighted by molar-refractivity contribution is -0.123. The van der Waals surface area contributed by atoms with Crippen LogP contribution in [-0.2, 0) is 26.0 Å². The zero-order valence-electron chi connectivity index (χ0n) is 16.5. The van der Waals surface area contributed by atoms with E-state index in [9.17, 15) is 13.2 Å². The van der Waals surface area contributed by atoms with Crippen LogP contribution in [0.2, 0.25) is 0 Å². The molecule has 0 aromatic heterocycles. The highest BCUT2D eigenvalue weighted by molar-refractivity contribution is 7.89. The third-order valence-electron chi connectivity index (χ3n) is 4.78. The van der Waals surface area contributed by atoms with Crippen LogP contribution in [-0.4, -0.2) is 58.1 Å². The van der Waals surface area contributed by atoms with Gasteiger partial charge in [0, 0.05) is 19.6 Å². The van der Waals surface area contributed by atoms with Gasteiger partial charge >= 0.3 is 0 Å². The van der Waals surface area contributed by atoms with Crippen molar-refractivity contribution in [3.63, 3.8) is 0 Å². The van der Waals surface area contributed by atoms with Crippen molar-refractivity contribution in [1.29, 1.82) is 0 Å². The molecule has 0 bridgehead atoms. The first kappa shape index (κ1) is 21.3. The quantitative estimate of drug-likeness (QED) is 0.706. The van der Waals surface area contributed by atoms with E-state index in [1.807, 2.05) is 31.2 Å². The molecule has 0 aliphatic carbocycles. The summed E-state index contributed by atoms with van der Waals surface area (Å²) in [6.07, 6.45) is 0.756. The molecule has 3 rings (SSSR count). The first-order valence-electron chi connectivity index (χ1n) is 9.59. The Labute approximate surface area is 171 Å². The Morgan fingerprint density at radius 2 is 1.79 bits per heavy atom. The van der Waals surface area contributed by atoms with Crippen LogP contribution >= 0.6 is 0 Å². The van der Waals surface area contributed by atoms with Crippen molar-refractivity contribution in [2.45, 2.75) is 18.2 Å². The van der Waals surface area contributed by atoms with Crippen LogP contribution in [0.3, 0.4) is 0 Å². The van der Waals surface area contributed by atoms with E-state index >= 15 is 0 Å². The molecule has 1 amide bonds. The van der Waals surface area contributed by atoms with Gasteiger partial charge < -0.3 is 14.8 Å². The number of nitrogens with one attached hydrogen (secondary N) is 1. The summed E-state index contributed by atoms with van der Waals surface area (Å²) in [5.41, 5.74) is 2.40. The molecule has 8 heteroatoms. The van der Waals surface area contributed by atoms with Gasteiger partial charge in [-0.3, -0.25) is 4.79 Å². The van der Waals surface area contributed by atoms with Gasteiger partial charge in [-0.05, 0) is 48.7 Å². The fourth-order valence-corrected chi connectivity index (χ4v) is 4.48. The maximum absolute atomic E-state index is 12.6. The molecule has 156 valence electrons. The lowest BCUT2D eigenvalue weighted by atomic mass is 10.1. The molecular formula is C21H26N2O5S. The molecule has 0 atom stereocenters. The van der Waals surface area contributed by atoms with Crippen molar-refractivity contribution >= 4 is 15.9 Å². The average Bonchev–Trinajstić information content (AvgIpc) is 2.74. The minimum absolute atomic E-state index is 0.122. The Morgan fingerprint density at radius 3 is 2.48 bits per heavy atom. The molecule has 1 saturated heterocycles. The molecule has 2 aromatic rings. The Morgan fingerprint density at radius 1 is 1.10 bits per heavy atom. The summed E-state index contributed by atoms with van der Waals surface area (Å²) in [6, 6.07) is 14.2. The number of carbonyl (C=O) groups is 1. The molecule has 0 spiro atoms. The number of morpholine rings is 1. The van der Waals surface area contributed by atoms with Crippen molar-refractivity contribution in [3.05, 3.63) is 59.7 Å². The number of carbonyl (C=O) groups excluding carboxylic acids is 1. The van der Waals surface area contributed by atoms with Gasteiger partial charge in [-0.2, -0.15) is 4.31 Å². The number of amides is 1. The number of sulfonamides is 1. The zero-order chi connectivity index (χ0) is 20.7. The van der Waals surface area contributed by atoms with Crippen molar-refractivity contribution < 1.29 is 22.7 Å². The van der Waals surface area contributed by atoms with Crippen molar-refractivity contribution in [2.24, 2.45) is 0 Å². The predicted molar refractivity (Wildman–Crippen MR) is 109 cm³/mol. The lowest BCUT2D eigenvalue weighted by Crippen LogP contribution is -2.40. The molecule has 0 unspecified atom stereocenters. The van der Waals surface area contributed by atoms with Gasteiger partial charge in [-0.15, -0.1) is 0 Å². The second-order valence-electron chi connectivity index (χ2n) is 6.80. The average molecular weight is 419 g/mol. The van der Waals surface area contributed by atoms with E-state index in [4.69, 9.17) is 9.47 Å². The molecule has 7 nitrogen and oxygen atoms in total. The fourth-order valence-electron chi connectivity index (χ4n) is 3.07. The molecule has 29 heavy (non-hydrogen) atoms. The van der Waals surface area contributed by atoms with Crippen LogP contribution in [0, 0.1) is 6.92 Å². The van der Waals surface area contributed by atoms with Gasteiger partial charge in [0.05, 0.1) is 18.1 Å². The third-order valence-corrected chi connectivity index (χ3v) is 6.69. The highest BCUT2D eigenvalue weighted by Crippen LogP contribution is 2.20. The van der Waals surface area contributed by atoms with E-state index in [-0.39, 0.29) is 17.4 Å². The Hall–Kier alpha value is -2.42. The highest BCUT2D eigenvalue weighted by atomic mass is 32.2. The summed E-state index contributed by atoms with van der Waals surface area (Å²) in [7, 11) is -3.53. The third kappa shape index (κ3) is 5.79. The molecule has 1 fully saturated rings. The smallest absolute Gasteiger partial charge is 0.257 e. The number of ether oxygens (including phenoxy) is 2. The Balaban J connectivity index is 1.46. The molecule has 0 saturated carbocycles. The van der Waals surface area contributed by atoms with E-state index in [1.165, 1.54) is 27.6 Å². The molecule has 0 radical (unpaired) electrons. The normalized spacial score (nSPS) is 15.1. The predicted octanol–water partition coefficient (Wildman–Crippen LogP) is 1.75. The summed E-state index contributed by atoms with van der Waals surface area (Å²) < 4.78 is 37.3. The van der Waals surface area contributed by atoms with E-state index in [1.54, 1.807) is 12.1 Å². The van der Waals surface area contributed by atoms with E-state index < -0.39 is 10.0 Å². The van der Waals surface area contributed by atoms with Crippen LogP contribution in [0.15, 0.2) is 53.4 Å². The molecule has 2 aromatic carbocycles. The van der Waals surface area contributed by atoms with Crippen LogP contribution < -0.4 is 10.1 Å². The van der Waals surface area contributed by atoms with Gasteiger partial charge in [0.25, 0.3) is 5.91 Å². The molecule has 1 N–H and O–H groups in total. The Kier molecular flexibility index (Phi) is 7.24. The summed E-state index contributed by atoms with van der Waals surface area (Å²) in [5, 5.41) is 2.83. The standard InChI is InChI=1S/C21H26N2O5S/c1-17-4-2-3-5-18(17)10-11-22-21(24)16-28-19-6-8-20(9-7-19)29(25,26)23-12-14-27-15-13-23/h2-9H,10-16H2,1H3,(H,22,24). The minimum Gasteiger partial charge on any atom is -0.484 e. The first-order valence-corrected chi connectivity index (χ1v) is 11.0. The number of nitrogens with zero attached hydrogens (tertiary/aromatic N) is 1. The summed E-state index contributed by atoms with van der Waals surface area (Å²) in [5.74, 6) is 0.226. The molecule has 1 aliphatic heterocycles. The van der Waals surface area contributed by atoms with Crippen LogP contribution in [0.4, 0.5) is 0 Å². The van der Waals surface area contributed by atoms with Crippen LogP contribution in [0.1, 0.15) is 11.1 Å². The number of benzene rings is 2. The molecule has 1 aliphatic rings. The second kappa shape index (κ2) is 9.87. The number of hydrogen-bond donors (Lipinski definition) is 1. The van der Waals surface area contributed by atoms with E-state index in [2.05, 4.69) is 5.32 Å². The summed E-state index contributed by atoms with van der Waals surface area (Å²) >= 11 is 0. The van der Waals surface area contributed by atoms with Gasteiger partial charge in [-0.1, -0.05) is 24.3 Å². The maximum atomic E-state index is 12.6. The number of hydrogen-bond acceptors (Lipinski definition) is 5. The zero-order valence-corrected chi connectivity index (χ0v) is 17.3. The first-order chi connectivity index (χ1) is 14.0. The van der Waals surface area contributed by atoms with Gasteiger partial charge in [0.2, 0.25) is 10.0 Å². The van der Waals surface area contributed by atoms with Gasteiger partial charge in [0.15, 0.2) is 6.61 Å². The SMILES string of the molecule is Cc1ccccc1CCNC(=O)COc1ccc(S(=O)(=O)N2CCOCC2)cc1. The fraction of sp³-hybridized carbons (Fsp3) is 0.381. The number of aryl methyl sites for hydroxylation is 1. The van der Waals surface area contributed by atoms with Crippen molar-refractivity contribution in [1.82, 2.24) is 9.62 Å². The van der Waals surface area contributed by atoms with Crippen molar-refractivity contribution in [3.8, 4) is 5.75 Å². The molecular weight excluding hydrogens is 392 g/mol. The monoisotopic (exact) mass is 418 g/mol. The van der Waals surface area contributed by atoms with E-state index in [0.717, 1.165) is 6.42 Å². The lowest BCUT2D eigenvalue weighted by Gasteiger charge is -2.26. The highest BCUT2D eigenvalue weighted by Gasteiger charge is 2.26. The Bertz CT molecular complexity index is 922. The second-order valence-corrected chi connectivity index (χ2v) is 8.74. The van der Waals surface area contributed by atoms with E-state index in [0.29, 0.717) is 38.6 Å².